The minimum Gasteiger partial charge on any atom is -0.495 e. The Kier molecular flexibility index (Phi) is 11.7. The standard InChI is InChI=1S/C30H38N4O7S2/c1-18(2)14-24(27-13-11-21(42-27)17-25(29(36)37)34-43(5,39)40)31-28(35)16-20-10-12-23(26(15-20)41-4)33-30(38)32-22-9-7-6-8-19(22)3/h6-13,15,18,24-25,34H,14,16-17H2,1-5H3,(H,31,35)(H,36,37)(H2,32,33,38). The van der Waals surface area contributed by atoms with E-state index in [1.165, 1.54) is 18.4 Å². The average molecular weight is 631 g/mol. The molecule has 0 aliphatic heterocycles. The molecular weight excluding hydrogens is 592 g/mol. The first-order valence-corrected chi connectivity index (χ1v) is 16.3. The van der Waals surface area contributed by atoms with Gasteiger partial charge in [0.1, 0.15) is 11.8 Å². The van der Waals surface area contributed by atoms with E-state index in [0.717, 1.165) is 16.7 Å². The number of sulfonamides is 1. The molecule has 13 heteroatoms. The number of nitrogens with one attached hydrogen (secondary N) is 4. The minimum absolute atomic E-state index is 0.0153. The van der Waals surface area contributed by atoms with Gasteiger partial charge < -0.3 is 25.8 Å². The molecule has 1 aromatic heterocycles. The highest BCUT2D eigenvalue weighted by atomic mass is 32.2. The van der Waals surface area contributed by atoms with Crippen LogP contribution in [0, 0.1) is 12.8 Å². The number of benzene rings is 2. The van der Waals surface area contributed by atoms with E-state index in [9.17, 15) is 27.9 Å². The van der Waals surface area contributed by atoms with Crippen molar-refractivity contribution in [2.24, 2.45) is 5.92 Å². The largest absolute Gasteiger partial charge is 0.495 e. The van der Waals surface area contributed by atoms with Gasteiger partial charge in [-0.15, -0.1) is 11.3 Å². The molecule has 2 aromatic carbocycles. The van der Waals surface area contributed by atoms with E-state index in [1.54, 1.807) is 30.3 Å². The fourth-order valence-electron chi connectivity index (χ4n) is 4.42. The van der Waals surface area contributed by atoms with Gasteiger partial charge in [0, 0.05) is 21.9 Å². The number of aliphatic carboxylic acids is 1. The lowest BCUT2D eigenvalue weighted by Gasteiger charge is -2.20. The molecule has 43 heavy (non-hydrogen) atoms. The summed E-state index contributed by atoms with van der Waals surface area (Å²) < 4.78 is 30.8. The quantitative estimate of drug-likeness (QED) is 0.172. The number of carboxylic acid groups (broad SMARTS) is 1. The molecule has 11 nitrogen and oxygen atoms in total. The summed E-state index contributed by atoms with van der Waals surface area (Å²) in [5.41, 5.74) is 2.75. The molecule has 0 saturated carbocycles. The SMILES string of the molecule is COc1cc(CC(=O)NC(CC(C)C)c2ccc(CC(NS(C)(=O)=O)C(=O)O)s2)ccc1NC(=O)Nc1ccccc1C. The predicted molar refractivity (Wildman–Crippen MR) is 168 cm³/mol. The Balaban J connectivity index is 1.68. The number of hydrogen-bond donors (Lipinski definition) is 5. The maximum absolute atomic E-state index is 13.1. The van der Waals surface area contributed by atoms with Crippen molar-refractivity contribution in [3.05, 3.63) is 75.5 Å². The third kappa shape index (κ3) is 10.7. The van der Waals surface area contributed by atoms with Crippen LogP contribution in [0.25, 0.3) is 0 Å². The van der Waals surface area contributed by atoms with Gasteiger partial charge in [0.15, 0.2) is 0 Å². The number of thiophene rings is 1. The number of methoxy groups -OCH3 is 1. The molecule has 0 spiro atoms. The summed E-state index contributed by atoms with van der Waals surface area (Å²) in [7, 11) is -2.22. The van der Waals surface area contributed by atoms with E-state index in [4.69, 9.17) is 4.74 Å². The normalized spacial score (nSPS) is 12.8. The van der Waals surface area contributed by atoms with Crippen molar-refractivity contribution in [3.63, 3.8) is 0 Å². The average Bonchev–Trinajstić information content (AvgIpc) is 3.37. The van der Waals surface area contributed by atoms with Gasteiger partial charge in [-0.2, -0.15) is 0 Å². The Morgan fingerprint density at radius 2 is 1.70 bits per heavy atom. The lowest BCUT2D eigenvalue weighted by atomic mass is 10.0. The fraction of sp³-hybridized carbons (Fsp3) is 0.367. The van der Waals surface area contributed by atoms with E-state index in [1.807, 2.05) is 45.0 Å². The molecule has 5 N–H and O–H groups in total. The van der Waals surface area contributed by atoms with Crippen LogP contribution in [-0.2, 0) is 32.5 Å². The summed E-state index contributed by atoms with van der Waals surface area (Å²) in [5, 5.41) is 18.1. The highest BCUT2D eigenvalue weighted by molar-refractivity contribution is 7.88. The molecule has 0 bridgehead atoms. The number of carbonyl (C=O) groups excluding carboxylic acids is 2. The number of rotatable bonds is 14. The van der Waals surface area contributed by atoms with Crippen molar-refractivity contribution < 1.29 is 32.6 Å². The highest BCUT2D eigenvalue weighted by Crippen LogP contribution is 2.30. The molecular formula is C30H38N4O7S2. The first kappa shape index (κ1) is 33.6. The lowest BCUT2D eigenvalue weighted by Crippen LogP contribution is -2.41. The first-order chi connectivity index (χ1) is 20.2. The van der Waals surface area contributed by atoms with Crippen LogP contribution in [-0.4, -0.2) is 50.8 Å². The van der Waals surface area contributed by atoms with Crippen LogP contribution < -0.4 is 25.4 Å². The maximum atomic E-state index is 13.1. The second kappa shape index (κ2) is 15.0. The minimum atomic E-state index is -3.70. The summed E-state index contributed by atoms with van der Waals surface area (Å²) in [6, 6.07) is 14.1. The highest BCUT2D eigenvalue weighted by Gasteiger charge is 2.24. The smallest absolute Gasteiger partial charge is 0.323 e. The van der Waals surface area contributed by atoms with Crippen molar-refractivity contribution in [2.45, 2.75) is 52.1 Å². The molecule has 0 fully saturated rings. The van der Waals surface area contributed by atoms with Gasteiger partial charge in [-0.3, -0.25) is 9.59 Å². The van der Waals surface area contributed by atoms with Crippen molar-refractivity contribution in [1.29, 1.82) is 0 Å². The Morgan fingerprint density at radius 3 is 2.33 bits per heavy atom. The van der Waals surface area contributed by atoms with Gasteiger partial charge in [-0.25, -0.2) is 17.9 Å². The predicted octanol–water partition coefficient (Wildman–Crippen LogP) is 4.70. The molecule has 3 amide bonds. The van der Waals surface area contributed by atoms with E-state index in [2.05, 4.69) is 20.7 Å². The van der Waals surface area contributed by atoms with E-state index < -0.39 is 28.1 Å². The summed E-state index contributed by atoms with van der Waals surface area (Å²) in [6.45, 7) is 5.97. The Morgan fingerprint density at radius 1 is 1.00 bits per heavy atom. The van der Waals surface area contributed by atoms with Crippen molar-refractivity contribution in [2.75, 3.05) is 24.0 Å². The number of para-hydroxylation sites is 1. The second-order valence-electron chi connectivity index (χ2n) is 10.6. The third-order valence-electron chi connectivity index (χ3n) is 6.40. The summed E-state index contributed by atoms with van der Waals surface area (Å²) >= 11 is 1.34. The zero-order chi connectivity index (χ0) is 31.7. The first-order valence-electron chi connectivity index (χ1n) is 13.6. The van der Waals surface area contributed by atoms with Crippen LogP contribution in [0.2, 0.25) is 0 Å². The number of hydrogen-bond acceptors (Lipinski definition) is 7. The molecule has 232 valence electrons. The molecule has 0 saturated heterocycles. The van der Waals surface area contributed by atoms with Gasteiger partial charge in [0.05, 0.1) is 31.5 Å². The van der Waals surface area contributed by atoms with Crippen LogP contribution >= 0.6 is 11.3 Å². The molecule has 0 radical (unpaired) electrons. The number of ether oxygens (including phenoxy) is 1. The van der Waals surface area contributed by atoms with Crippen LogP contribution in [0.4, 0.5) is 16.2 Å². The zero-order valence-corrected chi connectivity index (χ0v) is 26.4. The van der Waals surface area contributed by atoms with E-state index in [0.29, 0.717) is 34.0 Å². The topological polar surface area (TPSA) is 163 Å². The summed E-state index contributed by atoms with van der Waals surface area (Å²) in [6.07, 6.45) is 1.62. The third-order valence-corrected chi connectivity index (χ3v) is 8.33. The fourth-order valence-corrected chi connectivity index (χ4v) is 6.24. The van der Waals surface area contributed by atoms with Gasteiger partial charge in [0.25, 0.3) is 0 Å². The lowest BCUT2D eigenvalue weighted by molar-refractivity contribution is -0.138. The number of carboxylic acids is 1. The van der Waals surface area contributed by atoms with Gasteiger partial charge in [-0.05, 0) is 60.7 Å². The Bertz CT molecular complexity index is 1550. The summed E-state index contributed by atoms with van der Waals surface area (Å²) in [4.78, 5) is 38.8. The molecule has 2 atom stereocenters. The molecule has 0 aliphatic carbocycles. The van der Waals surface area contributed by atoms with Crippen molar-refractivity contribution in [3.8, 4) is 5.75 Å². The number of amides is 3. The molecule has 1 heterocycles. The van der Waals surface area contributed by atoms with Crippen molar-refractivity contribution in [1.82, 2.24) is 10.0 Å². The van der Waals surface area contributed by atoms with Crippen molar-refractivity contribution >= 4 is 50.6 Å². The van der Waals surface area contributed by atoms with Gasteiger partial charge in [-0.1, -0.05) is 38.1 Å². The monoisotopic (exact) mass is 630 g/mol. The van der Waals surface area contributed by atoms with Gasteiger partial charge >= 0.3 is 12.0 Å². The van der Waals surface area contributed by atoms with E-state index >= 15 is 0 Å². The van der Waals surface area contributed by atoms with Crippen LogP contribution in [0.1, 0.15) is 47.2 Å². The molecule has 3 rings (SSSR count). The van der Waals surface area contributed by atoms with Crippen LogP contribution in [0.5, 0.6) is 5.75 Å². The number of carbonyl (C=O) groups is 3. The molecule has 2 unspecified atom stereocenters. The van der Waals surface area contributed by atoms with Crippen LogP contribution in [0.3, 0.4) is 0 Å². The second-order valence-corrected chi connectivity index (χ2v) is 13.6. The number of anilines is 2. The Hall–Kier alpha value is -3.94. The maximum Gasteiger partial charge on any atom is 0.323 e. The Labute approximate surface area is 256 Å². The molecule has 0 aliphatic rings. The summed E-state index contributed by atoms with van der Waals surface area (Å²) in [5.74, 6) is -0.827. The van der Waals surface area contributed by atoms with Crippen LogP contribution in [0.15, 0.2) is 54.6 Å². The number of aryl methyl sites for hydroxylation is 1. The van der Waals surface area contributed by atoms with E-state index in [-0.39, 0.29) is 30.7 Å². The zero-order valence-electron chi connectivity index (χ0n) is 24.8. The molecule has 3 aromatic rings. The van der Waals surface area contributed by atoms with Gasteiger partial charge in [0.2, 0.25) is 15.9 Å². The number of urea groups is 1.